The molecule has 0 aromatic carbocycles. The van der Waals surface area contributed by atoms with Gasteiger partial charge in [0.15, 0.2) is 6.29 Å². The van der Waals surface area contributed by atoms with Crippen LogP contribution in [0.15, 0.2) is 0 Å². The molecule has 1 saturated carbocycles. The molecule has 0 aromatic heterocycles. The summed E-state index contributed by atoms with van der Waals surface area (Å²) in [6.45, 7) is 6.67. The molecule has 0 amide bonds. The van der Waals surface area contributed by atoms with E-state index in [1.165, 1.54) is 25.7 Å². The topological polar surface area (TPSA) is 27.7 Å². The maximum absolute atomic E-state index is 5.86. The van der Waals surface area contributed by atoms with Crippen LogP contribution in [0.5, 0.6) is 0 Å². The highest BCUT2D eigenvalue weighted by molar-refractivity contribution is 4.70. The molecule has 0 N–H and O–H groups in total. The Morgan fingerprint density at radius 3 is 2.19 bits per heavy atom. The lowest BCUT2D eigenvalue weighted by Gasteiger charge is -2.30. The van der Waals surface area contributed by atoms with Gasteiger partial charge in [0.1, 0.15) is 0 Å². The molecule has 2 rings (SSSR count). The van der Waals surface area contributed by atoms with Gasteiger partial charge in [-0.15, -0.1) is 0 Å². The Balaban J connectivity index is 1.60. The zero-order chi connectivity index (χ0) is 11.4. The molecule has 1 aliphatic heterocycles. The molecule has 0 atom stereocenters. The van der Waals surface area contributed by atoms with Gasteiger partial charge in [-0.3, -0.25) is 0 Å². The van der Waals surface area contributed by atoms with Gasteiger partial charge in [0.2, 0.25) is 0 Å². The van der Waals surface area contributed by atoms with Gasteiger partial charge in [-0.1, -0.05) is 13.8 Å². The summed E-state index contributed by atoms with van der Waals surface area (Å²) in [4.78, 5) is 0. The fraction of sp³-hybridized carbons (Fsp3) is 1.00. The van der Waals surface area contributed by atoms with Crippen molar-refractivity contribution >= 4 is 0 Å². The molecule has 0 unspecified atom stereocenters. The molecule has 0 bridgehead atoms. The predicted octanol–water partition coefficient (Wildman–Crippen LogP) is 2.59. The Bertz CT molecular complexity index is 169. The highest BCUT2D eigenvalue weighted by atomic mass is 16.7. The SMILES string of the molecule is CC1CCC(OCC2OCC(C)CO2)CC1. The minimum atomic E-state index is -0.129. The van der Waals surface area contributed by atoms with E-state index in [0.29, 0.717) is 18.6 Å². The predicted molar refractivity (Wildman–Crippen MR) is 62.2 cm³/mol. The summed E-state index contributed by atoms with van der Waals surface area (Å²) >= 11 is 0. The zero-order valence-corrected chi connectivity index (χ0v) is 10.5. The summed E-state index contributed by atoms with van der Waals surface area (Å²) in [5.74, 6) is 1.40. The normalized spacial score (nSPS) is 40.9. The van der Waals surface area contributed by atoms with E-state index in [4.69, 9.17) is 14.2 Å². The van der Waals surface area contributed by atoms with E-state index in [2.05, 4.69) is 13.8 Å². The van der Waals surface area contributed by atoms with Crippen molar-refractivity contribution in [3.05, 3.63) is 0 Å². The number of hydrogen-bond donors (Lipinski definition) is 0. The van der Waals surface area contributed by atoms with Crippen molar-refractivity contribution < 1.29 is 14.2 Å². The summed E-state index contributed by atoms with van der Waals surface area (Å²) < 4.78 is 17.0. The third-order valence-corrected chi connectivity index (χ3v) is 3.56. The molecule has 1 aliphatic carbocycles. The molecule has 1 heterocycles. The van der Waals surface area contributed by atoms with Crippen molar-refractivity contribution in [1.29, 1.82) is 0 Å². The maximum Gasteiger partial charge on any atom is 0.180 e. The largest absolute Gasteiger partial charge is 0.373 e. The quantitative estimate of drug-likeness (QED) is 0.743. The highest BCUT2D eigenvalue weighted by Crippen LogP contribution is 2.25. The van der Waals surface area contributed by atoms with E-state index in [9.17, 15) is 0 Å². The van der Waals surface area contributed by atoms with E-state index in [-0.39, 0.29) is 6.29 Å². The van der Waals surface area contributed by atoms with Gasteiger partial charge in [0.05, 0.1) is 25.9 Å². The molecule has 2 aliphatic rings. The summed E-state index contributed by atoms with van der Waals surface area (Å²) in [5.41, 5.74) is 0. The van der Waals surface area contributed by atoms with Crippen LogP contribution in [-0.2, 0) is 14.2 Å². The molecule has 16 heavy (non-hydrogen) atoms. The minimum absolute atomic E-state index is 0.129. The van der Waals surface area contributed by atoms with Gasteiger partial charge in [-0.05, 0) is 31.6 Å². The first-order valence-corrected chi connectivity index (χ1v) is 6.59. The lowest BCUT2D eigenvalue weighted by molar-refractivity contribution is -0.225. The zero-order valence-electron chi connectivity index (χ0n) is 10.5. The Labute approximate surface area is 98.4 Å². The van der Waals surface area contributed by atoms with Gasteiger partial charge < -0.3 is 14.2 Å². The fourth-order valence-corrected chi connectivity index (χ4v) is 2.35. The van der Waals surface area contributed by atoms with Crippen LogP contribution in [0.1, 0.15) is 39.5 Å². The first-order chi connectivity index (χ1) is 7.74. The first kappa shape index (κ1) is 12.3. The molecule has 0 aromatic rings. The van der Waals surface area contributed by atoms with Gasteiger partial charge in [0.25, 0.3) is 0 Å². The third-order valence-electron chi connectivity index (χ3n) is 3.56. The Morgan fingerprint density at radius 1 is 0.938 bits per heavy atom. The van der Waals surface area contributed by atoms with Gasteiger partial charge >= 0.3 is 0 Å². The van der Waals surface area contributed by atoms with Crippen LogP contribution in [0, 0.1) is 11.8 Å². The van der Waals surface area contributed by atoms with E-state index >= 15 is 0 Å². The molecule has 3 nitrogen and oxygen atoms in total. The fourth-order valence-electron chi connectivity index (χ4n) is 2.35. The van der Waals surface area contributed by atoms with Gasteiger partial charge in [-0.2, -0.15) is 0 Å². The van der Waals surface area contributed by atoms with Crippen molar-refractivity contribution in [2.45, 2.75) is 51.9 Å². The average Bonchev–Trinajstić information content (AvgIpc) is 2.30. The van der Waals surface area contributed by atoms with Crippen LogP contribution < -0.4 is 0 Å². The van der Waals surface area contributed by atoms with Crippen LogP contribution >= 0.6 is 0 Å². The number of ether oxygens (including phenoxy) is 3. The molecule has 0 spiro atoms. The molecule has 2 fully saturated rings. The summed E-state index contributed by atoms with van der Waals surface area (Å²) in [5, 5.41) is 0. The molecule has 0 radical (unpaired) electrons. The molecule has 1 saturated heterocycles. The number of rotatable bonds is 3. The van der Waals surface area contributed by atoms with Crippen LogP contribution in [0.2, 0.25) is 0 Å². The van der Waals surface area contributed by atoms with Crippen molar-refractivity contribution in [1.82, 2.24) is 0 Å². The molecular formula is C13H24O3. The Morgan fingerprint density at radius 2 is 1.56 bits per heavy atom. The molecule has 94 valence electrons. The lowest BCUT2D eigenvalue weighted by atomic mass is 9.89. The summed E-state index contributed by atoms with van der Waals surface area (Å²) in [6.07, 6.45) is 5.30. The average molecular weight is 228 g/mol. The van der Waals surface area contributed by atoms with Crippen molar-refractivity contribution in [2.75, 3.05) is 19.8 Å². The number of hydrogen-bond acceptors (Lipinski definition) is 3. The lowest BCUT2D eigenvalue weighted by Crippen LogP contribution is -2.35. The smallest absolute Gasteiger partial charge is 0.180 e. The first-order valence-electron chi connectivity index (χ1n) is 6.59. The second kappa shape index (κ2) is 5.99. The highest BCUT2D eigenvalue weighted by Gasteiger charge is 2.23. The van der Waals surface area contributed by atoms with Crippen molar-refractivity contribution in [3.63, 3.8) is 0 Å². The van der Waals surface area contributed by atoms with E-state index in [1.54, 1.807) is 0 Å². The Hall–Kier alpha value is -0.120. The monoisotopic (exact) mass is 228 g/mol. The van der Waals surface area contributed by atoms with E-state index in [0.717, 1.165) is 19.1 Å². The van der Waals surface area contributed by atoms with E-state index in [1.807, 2.05) is 0 Å². The Kier molecular flexibility index (Phi) is 4.62. The van der Waals surface area contributed by atoms with E-state index < -0.39 is 0 Å². The van der Waals surface area contributed by atoms with Crippen LogP contribution in [0.3, 0.4) is 0 Å². The second-order valence-electron chi connectivity index (χ2n) is 5.42. The summed E-state index contributed by atoms with van der Waals surface area (Å²) in [7, 11) is 0. The summed E-state index contributed by atoms with van der Waals surface area (Å²) in [6, 6.07) is 0. The molecular weight excluding hydrogens is 204 g/mol. The van der Waals surface area contributed by atoms with Crippen LogP contribution in [0.4, 0.5) is 0 Å². The minimum Gasteiger partial charge on any atom is -0.373 e. The van der Waals surface area contributed by atoms with Crippen molar-refractivity contribution in [3.8, 4) is 0 Å². The van der Waals surface area contributed by atoms with Gasteiger partial charge in [0, 0.05) is 5.92 Å². The van der Waals surface area contributed by atoms with Crippen LogP contribution in [0.25, 0.3) is 0 Å². The van der Waals surface area contributed by atoms with Crippen LogP contribution in [-0.4, -0.2) is 32.2 Å². The maximum atomic E-state index is 5.86. The second-order valence-corrected chi connectivity index (χ2v) is 5.42. The third kappa shape index (κ3) is 3.72. The van der Waals surface area contributed by atoms with Crippen molar-refractivity contribution in [2.24, 2.45) is 11.8 Å². The standard InChI is InChI=1S/C13H24O3/c1-10-3-5-12(6-4-10)14-9-13-15-7-11(2)8-16-13/h10-13H,3-9H2,1-2H3. The van der Waals surface area contributed by atoms with Gasteiger partial charge in [-0.25, -0.2) is 0 Å². The molecule has 3 heteroatoms.